The van der Waals surface area contributed by atoms with Crippen LogP contribution < -0.4 is 9.47 Å². The second-order valence-electron chi connectivity index (χ2n) is 6.18. The zero-order valence-corrected chi connectivity index (χ0v) is 16.5. The van der Waals surface area contributed by atoms with E-state index in [1.807, 2.05) is 0 Å². The number of benzene rings is 1. The summed E-state index contributed by atoms with van der Waals surface area (Å²) in [6.45, 7) is 5.35. The Morgan fingerprint density at radius 3 is 1.87 bits per heavy atom. The van der Waals surface area contributed by atoms with Crippen molar-refractivity contribution >= 4 is 47.8 Å². The maximum Gasteiger partial charge on any atom is 0.363 e. The van der Waals surface area contributed by atoms with E-state index in [0.717, 1.165) is 6.92 Å². The van der Waals surface area contributed by atoms with Crippen LogP contribution in [0.2, 0.25) is 0 Å². The molecule has 0 N–H and O–H groups in total. The molecule has 0 spiro atoms. The number of cyclic esters (lactones) is 2. The van der Waals surface area contributed by atoms with Crippen molar-refractivity contribution in [3.05, 3.63) is 34.7 Å². The molecular weight excluding hydrogens is 396 g/mol. The Morgan fingerprint density at radius 2 is 1.40 bits per heavy atom. The summed E-state index contributed by atoms with van der Waals surface area (Å²) in [6, 6.07) is 2.88. The van der Waals surface area contributed by atoms with Gasteiger partial charge in [-0.3, -0.25) is 9.59 Å². The summed E-state index contributed by atoms with van der Waals surface area (Å²) < 4.78 is 20.2. The van der Waals surface area contributed by atoms with Crippen molar-refractivity contribution in [1.82, 2.24) is 0 Å². The number of aliphatic imine (C=N–C) groups is 2. The van der Waals surface area contributed by atoms with E-state index in [2.05, 4.69) is 9.98 Å². The topological polar surface area (TPSA) is 130 Å². The lowest BCUT2D eigenvalue weighted by atomic mass is 10.0. The standard InChI is InChI=1S/C20H16N2O8/c1-9-21-15(19(25)27-9)7-13-5-6-17(29-11(3)23)18(30-12(4)24)14(13)8-16-20(26)28-10(2)22-16/h5-8H,1-4H3/b15-7?,16-8-. The molecule has 0 aliphatic carbocycles. The van der Waals surface area contributed by atoms with Gasteiger partial charge in [-0.25, -0.2) is 19.6 Å². The van der Waals surface area contributed by atoms with Gasteiger partial charge in [-0.15, -0.1) is 0 Å². The van der Waals surface area contributed by atoms with E-state index in [1.54, 1.807) is 0 Å². The molecule has 2 aliphatic heterocycles. The summed E-state index contributed by atoms with van der Waals surface area (Å²) in [5, 5.41) is 0. The number of nitrogens with zero attached hydrogens (tertiary/aromatic N) is 2. The summed E-state index contributed by atoms with van der Waals surface area (Å²) in [5.74, 6) is -2.63. The van der Waals surface area contributed by atoms with E-state index in [-0.39, 0.29) is 40.3 Å². The Balaban J connectivity index is 2.26. The molecule has 0 bridgehead atoms. The fourth-order valence-electron chi connectivity index (χ4n) is 2.67. The highest BCUT2D eigenvalue weighted by Gasteiger charge is 2.25. The lowest BCUT2D eigenvalue weighted by molar-refractivity contribution is -0.134. The van der Waals surface area contributed by atoms with Crippen LogP contribution in [0.1, 0.15) is 38.8 Å². The number of esters is 4. The van der Waals surface area contributed by atoms with Crippen molar-refractivity contribution in [2.24, 2.45) is 9.98 Å². The summed E-state index contributed by atoms with van der Waals surface area (Å²) >= 11 is 0. The van der Waals surface area contributed by atoms with Crippen LogP contribution in [0.4, 0.5) is 0 Å². The minimum atomic E-state index is -0.716. The molecule has 1 aromatic rings. The van der Waals surface area contributed by atoms with Gasteiger partial charge in [-0.05, 0) is 23.8 Å². The first kappa shape index (κ1) is 20.6. The SMILES string of the molecule is CC(=O)Oc1ccc(C=C2N=C(C)OC2=O)c(/C=C2\N=C(C)OC2=O)c1OC(C)=O. The molecule has 0 saturated carbocycles. The quantitative estimate of drug-likeness (QED) is 0.418. The fourth-order valence-corrected chi connectivity index (χ4v) is 2.67. The fraction of sp³-hybridized carbons (Fsp3) is 0.200. The molecular formula is C20H16N2O8. The second kappa shape index (κ2) is 8.11. The molecule has 0 fully saturated rings. The molecule has 2 aliphatic rings. The number of hydrogen-bond acceptors (Lipinski definition) is 10. The number of carbonyl (C=O) groups is 4. The van der Waals surface area contributed by atoms with Crippen molar-refractivity contribution in [2.45, 2.75) is 27.7 Å². The van der Waals surface area contributed by atoms with Gasteiger partial charge in [0.2, 0.25) is 0 Å². The smallest absolute Gasteiger partial charge is 0.363 e. The van der Waals surface area contributed by atoms with Crippen LogP contribution in [0.5, 0.6) is 11.5 Å². The number of carbonyl (C=O) groups excluding carboxylic acids is 4. The molecule has 1 aromatic carbocycles. The molecule has 2 heterocycles. The van der Waals surface area contributed by atoms with Crippen molar-refractivity contribution in [2.75, 3.05) is 0 Å². The third-order valence-electron chi connectivity index (χ3n) is 3.72. The number of rotatable bonds is 4. The molecule has 0 saturated heterocycles. The van der Waals surface area contributed by atoms with Gasteiger partial charge in [-0.1, -0.05) is 6.07 Å². The molecule has 30 heavy (non-hydrogen) atoms. The zero-order chi connectivity index (χ0) is 22.0. The van der Waals surface area contributed by atoms with Gasteiger partial charge in [0.1, 0.15) is 0 Å². The van der Waals surface area contributed by atoms with Gasteiger partial charge in [-0.2, -0.15) is 0 Å². The van der Waals surface area contributed by atoms with Crippen LogP contribution in [0.3, 0.4) is 0 Å². The van der Waals surface area contributed by atoms with Crippen LogP contribution in [-0.4, -0.2) is 35.7 Å². The minimum Gasteiger partial charge on any atom is -0.423 e. The third kappa shape index (κ3) is 4.49. The van der Waals surface area contributed by atoms with E-state index in [1.165, 1.54) is 45.1 Å². The lowest BCUT2D eigenvalue weighted by Gasteiger charge is -2.14. The van der Waals surface area contributed by atoms with E-state index >= 15 is 0 Å². The Hall–Kier alpha value is -4.08. The molecule has 3 rings (SSSR count). The first-order valence-corrected chi connectivity index (χ1v) is 8.66. The van der Waals surface area contributed by atoms with Gasteiger partial charge >= 0.3 is 23.9 Å². The maximum atomic E-state index is 12.0. The maximum absolute atomic E-state index is 12.0. The normalized spacial score (nSPS) is 18.1. The molecule has 0 radical (unpaired) electrons. The molecule has 154 valence electrons. The predicted molar refractivity (Wildman–Crippen MR) is 103 cm³/mol. The zero-order valence-electron chi connectivity index (χ0n) is 16.5. The van der Waals surface area contributed by atoms with Crippen molar-refractivity contribution in [3.63, 3.8) is 0 Å². The highest BCUT2D eigenvalue weighted by molar-refractivity contribution is 6.08. The molecule has 0 amide bonds. The van der Waals surface area contributed by atoms with Gasteiger partial charge in [0, 0.05) is 33.3 Å². The van der Waals surface area contributed by atoms with Crippen molar-refractivity contribution in [3.8, 4) is 11.5 Å². The molecule has 10 heteroatoms. The van der Waals surface area contributed by atoms with Crippen LogP contribution in [0.15, 0.2) is 33.5 Å². The molecule has 0 atom stereocenters. The average Bonchev–Trinajstić information content (AvgIpc) is 3.11. The van der Waals surface area contributed by atoms with Crippen LogP contribution in [0.25, 0.3) is 12.2 Å². The lowest BCUT2D eigenvalue weighted by Crippen LogP contribution is -2.09. The van der Waals surface area contributed by atoms with E-state index in [4.69, 9.17) is 18.9 Å². The monoisotopic (exact) mass is 412 g/mol. The Kier molecular flexibility index (Phi) is 5.58. The van der Waals surface area contributed by atoms with E-state index in [0.29, 0.717) is 5.56 Å². The molecule has 0 unspecified atom stereocenters. The number of ether oxygens (including phenoxy) is 4. The minimum absolute atomic E-state index is 0.00478. The average molecular weight is 412 g/mol. The first-order valence-electron chi connectivity index (χ1n) is 8.66. The predicted octanol–water partition coefficient (Wildman–Crippen LogP) is 2.17. The summed E-state index contributed by atoms with van der Waals surface area (Å²) in [7, 11) is 0. The second-order valence-corrected chi connectivity index (χ2v) is 6.18. The van der Waals surface area contributed by atoms with Crippen LogP contribution in [0, 0.1) is 0 Å². The van der Waals surface area contributed by atoms with Gasteiger partial charge in [0.05, 0.1) is 0 Å². The first-order chi connectivity index (χ1) is 14.1. The van der Waals surface area contributed by atoms with E-state index in [9.17, 15) is 19.2 Å². The Morgan fingerprint density at radius 1 is 0.867 bits per heavy atom. The number of hydrogen-bond donors (Lipinski definition) is 0. The van der Waals surface area contributed by atoms with E-state index < -0.39 is 23.9 Å². The molecule has 0 aromatic heterocycles. The highest BCUT2D eigenvalue weighted by atomic mass is 16.6. The van der Waals surface area contributed by atoms with Crippen LogP contribution >= 0.6 is 0 Å². The highest BCUT2D eigenvalue weighted by Crippen LogP contribution is 2.38. The largest absolute Gasteiger partial charge is 0.423 e. The molecule has 10 nitrogen and oxygen atoms in total. The summed E-state index contributed by atoms with van der Waals surface area (Å²) in [5.41, 5.74) is 0.394. The van der Waals surface area contributed by atoms with Crippen LogP contribution in [-0.2, 0) is 28.7 Å². The Bertz CT molecular complexity index is 1110. The summed E-state index contributed by atoms with van der Waals surface area (Å²) in [6.07, 6.45) is 2.68. The Labute approximate surface area is 170 Å². The van der Waals surface area contributed by atoms with Gasteiger partial charge in [0.25, 0.3) is 0 Å². The third-order valence-corrected chi connectivity index (χ3v) is 3.72. The van der Waals surface area contributed by atoms with Crippen molar-refractivity contribution < 1.29 is 38.1 Å². The summed E-state index contributed by atoms with van der Waals surface area (Å²) in [4.78, 5) is 55.1. The van der Waals surface area contributed by atoms with Gasteiger partial charge in [0.15, 0.2) is 34.7 Å². The van der Waals surface area contributed by atoms with Gasteiger partial charge < -0.3 is 18.9 Å². The van der Waals surface area contributed by atoms with Crippen molar-refractivity contribution in [1.29, 1.82) is 0 Å².